The molecule has 1 aromatic heterocycles. The molecule has 0 radical (unpaired) electrons. The summed E-state index contributed by atoms with van der Waals surface area (Å²) in [6.45, 7) is 5.72. The van der Waals surface area contributed by atoms with Crippen molar-refractivity contribution in [3.63, 3.8) is 0 Å². The SMILES string of the molecule is Cc1cccc(Cn2c(C(=O)NC[C@]3(C)CCCO3)cc3cc(NC(=O)c4ccccc4F)ccc32)c1. The quantitative estimate of drug-likeness (QED) is 0.343. The lowest BCUT2D eigenvalue weighted by molar-refractivity contribution is 0.0205. The van der Waals surface area contributed by atoms with E-state index < -0.39 is 11.7 Å². The Morgan fingerprint density at radius 1 is 1.03 bits per heavy atom. The second-order valence-corrected chi connectivity index (χ2v) is 9.90. The summed E-state index contributed by atoms with van der Waals surface area (Å²) in [6, 6.07) is 21.3. The van der Waals surface area contributed by atoms with Gasteiger partial charge in [-0.05, 0) is 68.7 Å². The molecule has 0 bridgehead atoms. The third kappa shape index (κ3) is 5.42. The van der Waals surface area contributed by atoms with Crippen LogP contribution in [0.5, 0.6) is 0 Å². The molecule has 1 atom stereocenters. The van der Waals surface area contributed by atoms with E-state index in [-0.39, 0.29) is 17.1 Å². The molecule has 6 nitrogen and oxygen atoms in total. The number of aryl methyl sites for hydroxylation is 1. The van der Waals surface area contributed by atoms with Crippen molar-refractivity contribution in [3.05, 3.63) is 101 Å². The number of benzene rings is 3. The minimum atomic E-state index is -0.579. The highest BCUT2D eigenvalue weighted by Crippen LogP contribution is 2.27. The number of nitrogens with zero attached hydrogens (tertiary/aromatic N) is 1. The Hall–Kier alpha value is -3.97. The molecule has 1 fully saturated rings. The molecule has 2 heterocycles. The molecule has 2 N–H and O–H groups in total. The number of hydrogen-bond donors (Lipinski definition) is 2. The zero-order chi connectivity index (χ0) is 26.0. The van der Waals surface area contributed by atoms with Crippen molar-refractivity contribution in [1.82, 2.24) is 9.88 Å². The molecule has 1 aliphatic rings. The average molecular weight is 500 g/mol. The maximum atomic E-state index is 14.1. The van der Waals surface area contributed by atoms with Crippen molar-refractivity contribution in [2.45, 2.75) is 38.8 Å². The fourth-order valence-electron chi connectivity index (χ4n) is 4.88. The number of aromatic nitrogens is 1. The predicted octanol–water partition coefficient (Wildman–Crippen LogP) is 5.69. The lowest BCUT2D eigenvalue weighted by atomic mass is 10.0. The van der Waals surface area contributed by atoms with Crippen LogP contribution in [0.1, 0.15) is 51.7 Å². The van der Waals surface area contributed by atoms with Crippen molar-refractivity contribution < 1.29 is 18.7 Å². The van der Waals surface area contributed by atoms with Crippen molar-refractivity contribution >= 4 is 28.4 Å². The van der Waals surface area contributed by atoms with Crippen LogP contribution in [0, 0.1) is 12.7 Å². The largest absolute Gasteiger partial charge is 0.373 e. The van der Waals surface area contributed by atoms with E-state index in [1.165, 1.54) is 12.1 Å². The second-order valence-electron chi connectivity index (χ2n) is 9.90. The molecule has 0 aliphatic carbocycles. The fraction of sp³-hybridized carbons (Fsp3) is 0.267. The van der Waals surface area contributed by atoms with Gasteiger partial charge in [0, 0.05) is 36.3 Å². The van der Waals surface area contributed by atoms with Crippen molar-refractivity contribution in [2.24, 2.45) is 0 Å². The van der Waals surface area contributed by atoms with Gasteiger partial charge < -0.3 is 19.9 Å². The first-order valence-corrected chi connectivity index (χ1v) is 12.5. The average Bonchev–Trinajstić information content (AvgIpc) is 3.47. The van der Waals surface area contributed by atoms with Crippen molar-refractivity contribution in [2.75, 3.05) is 18.5 Å². The lowest BCUT2D eigenvalue weighted by Gasteiger charge is -2.23. The van der Waals surface area contributed by atoms with E-state index in [1.54, 1.807) is 24.3 Å². The van der Waals surface area contributed by atoms with E-state index in [2.05, 4.69) is 16.7 Å². The van der Waals surface area contributed by atoms with E-state index in [1.807, 2.05) is 48.7 Å². The minimum absolute atomic E-state index is 0.0256. The first kappa shape index (κ1) is 24.7. The Balaban J connectivity index is 1.46. The van der Waals surface area contributed by atoms with Gasteiger partial charge in [0.2, 0.25) is 0 Å². The van der Waals surface area contributed by atoms with E-state index >= 15 is 0 Å². The van der Waals surface area contributed by atoms with E-state index in [0.29, 0.717) is 31.1 Å². The number of amides is 2. The maximum Gasteiger partial charge on any atom is 0.268 e. The van der Waals surface area contributed by atoms with E-state index in [0.717, 1.165) is 34.9 Å². The minimum Gasteiger partial charge on any atom is -0.373 e. The lowest BCUT2D eigenvalue weighted by Crippen LogP contribution is -2.40. The summed E-state index contributed by atoms with van der Waals surface area (Å²) < 4.78 is 21.9. The second kappa shape index (κ2) is 10.2. The number of anilines is 1. The molecular weight excluding hydrogens is 469 g/mol. The highest BCUT2D eigenvalue weighted by atomic mass is 19.1. The monoisotopic (exact) mass is 499 g/mol. The number of rotatable bonds is 7. The van der Waals surface area contributed by atoms with Crippen molar-refractivity contribution in [1.29, 1.82) is 0 Å². The van der Waals surface area contributed by atoms with Gasteiger partial charge in [-0.25, -0.2) is 4.39 Å². The predicted molar refractivity (Wildman–Crippen MR) is 142 cm³/mol. The number of carbonyl (C=O) groups is 2. The zero-order valence-corrected chi connectivity index (χ0v) is 21.0. The van der Waals surface area contributed by atoms with Crippen LogP contribution in [-0.2, 0) is 11.3 Å². The molecule has 3 aromatic carbocycles. The maximum absolute atomic E-state index is 14.1. The summed E-state index contributed by atoms with van der Waals surface area (Å²) in [6.07, 6.45) is 1.89. The van der Waals surface area contributed by atoms with Crippen molar-refractivity contribution in [3.8, 4) is 0 Å². The van der Waals surface area contributed by atoms with Gasteiger partial charge in [-0.2, -0.15) is 0 Å². The third-order valence-corrected chi connectivity index (χ3v) is 6.86. The molecular formula is C30H30FN3O3. The van der Waals surface area contributed by atoms with Crippen LogP contribution in [0.25, 0.3) is 10.9 Å². The van der Waals surface area contributed by atoms with Crippen LogP contribution in [-0.4, -0.2) is 35.1 Å². The van der Waals surface area contributed by atoms with Crippen LogP contribution in [0.2, 0.25) is 0 Å². The van der Waals surface area contributed by atoms with Crippen LogP contribution in [0.15, 0.2) is 72.8 Å². The molecule has 190 valence electrons. The molecule has 7 heteroatoms. The molecule has 0 saturated carbocycles. The van der Waals surface area contributed by atoms with Gasteiger partial charge in [0.1, 0.15) is 11.5 Å². The molecule has 5 rings (SSSR count). The van der Waals surface area contributed by atoms with Gasteiger partial charge >= 0.3 is 0 Å². The van der Waals surface area contributed by atoms with Gasteiger partial charge in [0.25, 0.3) is 11.8 Å². The summed E-state index contributed by atoms with van der Waals surface area (Å²) in [5, 5.41) is 6.63. The molecule has 0 spiro atoms. The Bertz CT molecular complexity index is 1470. The number of hydrogen-bond acceptors (Lipinski definition) is 3. The number of ether oxygens (including phenoxy) is 1. The highest BCUT2D eigenvalue weighted by Gasteiger charge is 2.30. The first-order valence-electron chi connectivity index (χ1n) is 12.5. The molecule has 1 saturated heterocycles. The molecule has 0 unspecified atom stereocenters. The van der Waals surface area contributed by atoms with Gasteiger partial charge in [-0.3, -0.25) is 9.59 Å². The highest BCUT2D eigenvalue weighted by molar-refractivity contribution is 6.06. The van der Waals surface area contributed by atoms with Gasteiger partial charge in [0.15, 0.2) is 0 Å². The van der Waals surface area contributed by atoms with Gasteiger partial charge in [-0.1, -0.05) is 42.0 Å². The first-order chi connectivity index (χ1) is 17.8. The van der Waals surface area contributed by atoms with E-state index in [4.69, 9.17) is 4.74 Å². The van der Waals surface area contributed by atoms with Gasteiger partial charge in [0.05, 0.1) is 11.2 Å². The Morgan fingerprint density at radius 3 is 2.62 bits per heavy atom. The third-order valence-electron chi connectivity index (χ3n) is 6.86. The van der Waals surface area contributed by atoms with Crippen LogP contribution < -0.4 is 10.6 Å². The number of halogens is 1. The van der Waals surface area contributed by atoms with Crippen LogP contribution in [0.3, 0.4) is 0 Å². The molecule has 1 aliphatic heterocycles. The summed E-state index contributed by atoms with van der Waals surface area (Å²) in [5.74, 6) is -1.29. The molecule has 4 aromatic rings. The Morgan fingerprint density at radius 2 is 1.86 bits per heavy atom. The Labute approximate surface area is 215 Å². The molecule has 2 amide bonds. The number of carbonyl (C=O) groups excluding carboxylic acids is 2. The van der Waals surface area contributed by atoms with Gasteiger partial charge in [-0.15, -0.1) is 0 Å². The topological polar surface area (TPSA) is 72.4 Å². The van der Waals surface area contributed by atoms with Crippen LogP contribution in [0.4, 0.5) is 10.1 Å². The number of fused-ring (bicyclic) bond motifs is 1. The summed E-state index contributed by atoms with van der Waals surface area (Å²) >= 11 is 0. The summed E-state index contributed by atoms with van der Waals surface area (Å²) in [4.78, 5) is 26.0. The van der Waals surface area contributed by atoms with E-state index in [9.17, 15) is 14.0 Å². The molecule has 37 heavy (non-hydrogen) atoms. The smallest absolute Gasteiger partial charge is 0.268 e. The summed E-state index contributed by atoms with van der Waals surface area (Å²) in [5.41, 5.74) is 3.75. The standard InChI is InChI=1S/C30H30FN3O3/c1-20-7-5-8-21(15-20)18-34-26-12-11-23(33-28(35)24-9-3-4-10-25(24)31)16-22(26)17-27(34)29(36)32-19-30(2)13-6-14-37-30/h3-5,7-12,15-17H,6,13-14,18-19H2,1-2H3,(H,32,36)(H,33,35)/t30-/m0/s1. The van der Waals surface area contributed by atoms with Crippen LogP contribution >= 0.6 is 0 Å². The normalized spacial score (nSPS) is 17.2. The fourth-order valence-corrected chi connectivity index (χ4v) is 4.88. The number of nitrogens with one attached hydrogen (secondary N) is 2. The summed E-state index contributed by atoms with van der Waals surface area (Å²) in [7, 11) is 0. The zero-order valence-electron chi connectivity index (χ0n) is 21.0. The Kier molecular flexibility index (Phi) is 6.80.